The average Bonchev–Trinajstić information content (AvgIpc) is 2.84. The Bertz CT molecular complexity index is 1320. The molecule has 1 unspecified atom stereocenters. The van der Waals surface area contributed by atoms with Crippen LogP contribution in [-0.2, 0) is 4.79 Å². The van der Waals surface area contributed by atoms with Crippen LogP contribution in [0.5, 0.6) is 5.75 Å². The van der Waals surface area contributed by atoms with Crippen molar-refractivity contribution in [3.8, 4) is 11.4 Å². The number of methoxy groups -OCH3 is 1. The highest BCUT2D eigenvalue weighted by Crippen LogP contribution is 2.28. The second-order valence-electron chi connectivity index (χ2n) is 7.25. The summed E-state index contributed by atoms with van der Waals surface area (Å²) in [6.07, 6.45) is 0. The summed E-state index contributed by atoms with van der Waals surface area (Å²) in [5.74, 6) is 0.548. The number of hydrogen-bond acceptors (Lipinski definition) is 5. The Labute approximate surface area is 190 Å². The molecule has 7 heteroatoms. The van der Waals surface area contributed by atoms with Crippen LogP contribution in [0.3, 0.4) is 0 Å². The standard InChI is InChI=1S/C25H23N3O3S/c1-17(23(29)27(2)18-10-5-4-6-11-18)32-25-26-22-15-8-7-14-21(22)24(30)28(25)19-12-9-13-20(16-19)31-3/h4-17H,1-3H3. The molecular formula is C25H23N3O3S. The molecule has 6 nitrogen and oxygen atoms in total. The van der Waals surface area contributed by atoms with E-state index in [1.807, 2.05) is 67.6 Å². The Morgan fingerprint density at radius 2 is 1.75 bits per heavy atom. The molecule has 0 aliphatic heterocycles. The number of aromatic nitrogens is 2. The van der Waals surface area contributed by atoms with Crippen molar-refractivity contribution in [2.75, 3.05) is 19.1 Å². The zero-order chi connectivity index (χ0) is 22.7. The minimum atomic E-state index is -0.467. The largest absolute Gasteiger partial charge is 0.497 e. The Kier molecular flexibility index (Phi) is 6.28. The van der Waals surface area contributed by atoms with Crippen LogP contribution < -0.4 is 15.2 Å². The van der Waals surface area contributed by atoms with E-state index in [2.05, 4.69) is 0 Å². The van der Waals surface area contributed by atoms with E-state index in [4.69, 9.17) is 9.72 Å². The average molecular weight is 446 g/mol. The van der Waals surface area contributed by atoms with E-state index in [-0.39, 0.29) is 11.5 Å². The number of thioether (sulfide) groups is 1. The fourth-order valence-electron chi connectivity index (χ4n) is 3.43. The first-order chi connectivity index (χ1) is 15.5. The zero-order valence-corrected chi connectivity index (χ0v) is 18.9. The minimum absolute atomic E-state index is 0.0826. The van der Waals surface area contributed by atoms with Gasteiger partial charge < -0.3 is 9.64 Å². The number of fused-ring (bicyclic) bond motifs is 1. The predicted octanol–water partition coefficient (Wildman–Crippen LogP) is 4.54. The van der Waals surface area contributed by atoms with Crippen molar-refractivity contribution in [3.63, 3.8) is 0 Å². The number of para-hydroxylation sites is 2. The monoisotopic (exact) mass is 445 g/mol. The second-order valence-corrected chi connectivity index (χ2v) is 8.55. The SMILES string of the molecule is COc1cccc(-n2c(SC(C)C(=O)N(C)c3ccccc3)nc3ccccc3c2=O)c1. The Morgan fingerprint density at radius 3 is 2.50 bits per heavy atom. The van der Waals surface area contributed by atoms with Crippen LogP contribution in [0.15, 0.2) is 88.8 Å². The summed E-state index contributed by atoms with van der Waals surface area (Å²) in [6, 6.07) is 23.9. The van der Waals surface area contributed by atoms with Crippen LogP contribution in [0.1, 0.15) is 6.92 Å². The Morgan fingerprint density at radius 1 is 1.03 bits per heavy atom. The van der Waals surface area contributed by atoms with Gasteiger partial charge >= 0.3 is 0 Å². The maximum Gasteiger partial charge on any atom is 0.266 e. The van der Waals surface area contributed by atoms with E-state index in [0.717, 1.165) is 5.69 Å². The highest BCUT2D eigenvalue weighted by atomic mass is 32.2. The molecule has 0 radical (unpaired) electrons. The molecule has 4 aromatic rings. The molecule has 1 aromatic heterocycles. The van der Waals surface area contributed by atoms with Crippen LogP contribution in [0, 0.1) is 0 Å². The van der Waals surface area contributed by atoms with Gasteiger partial charge in [-0.3, -0.25) is 14.2 Å². The molecular weight excluding hydrogens is 422 g/mol. The number of hydrogen-bond donors (Lipinski definition) is 0. The Hall–Kier alpha value is -3.58. The predicted molar refractivity (Wildman–Crippen MR) is 129 cm³/mol. The van der Waals surface area contributed by atoms with Crippen molar-refractivity contribution in [1.29, 1.82) is 0 Å². The molecule has 0 N–H and O–H groups in total. The number of anilines is 1. The molecule has 0 spiro atoms. The zero-order valence-electron chi connectivity index (χ0n) is 18.1. The highest BCUT2D eigenvalue weighted by Gasteiger charge is 2.23. The molecule has 3 aromatic carbocycles. The lowest BCUT2D eigenvalue weighted by molar-refractivity contribution is -0.117. The molecule has 1 atom stereocenters. The first kappa shape index (κ1) is 21.6. The quantitative estimate of drug-likeness (QED) is 0.322. The smallest absolute Gasteiger partial charge is 0.266 e. The lowest BCUT2D eigenvalue weighted by atomic mass is 10.2. The second kappa shape index (κ2) is 9.28. The molecule has 1 heterocycles. The number of carbonyl (C=O) groups excluding carboxylic acids is 1. The van der Waals surface area contributed by atoms with Crippen molar-refractivity contribution in [3.05, 3.63) is 89.2 Å². The van der Waals surface area contributed by atoms with Gasteiger partial charge in [-0.2, -0.15) is 0 Å². The fourth-order valence-corrected chi connectivity index (χ4v) is 4.45. The van der Waals surface area contributed by atoms with Crippen LogP contribution in [-0.4, -0.2) is 34.9 Å². The number of rotatable bonds is 6. The number of carbonyl (C=O) groups is 1. The van der Waals surface area contributed by atoms with Gasteiger partial charge in [0.1, 0.15) is 5.75 Å². The van der Waals surface area contributed by atoms with Gasteiger partial charge in [0, 0.05) is 18.8 Å². The number of benzene rings is 3. The molecule has 4 rings (SSSR count). The van der Waals surface area contributed by atoms with Gasteiger partial charge in [-0.15, -0.1) is 0 Å². The van der Waals surface area contributed by atoms with E-state index in [1.165, 1.54) is 11.8 Å². The summed E-state index contributed by atoms with van der Waals surface area (Å²) >= 11 is 1.26. The van der Waals surface area contributed by atoms with Crippen molar-refractivity contribution in [1.82, 2.24) is 9.55 Å². The summed E-state index contributed by atoms with van der Waals surface area (Å²) in [5, 5.41) is 0.495. The maximum atomic E-state index is 13.4. The van der Waals surface area contributed by atoms with Crippen LogP contribution >= 0.6 is 11.8 Å². The lowest BCUT2D eigenvalue weighted by Gasteiger charge is -2.22. The van der Waals surface area contributed by atoms with E-state index in [9.17, 15) is 9.59 Å². The summed E-state index contributed by atoms with van der Waals surface area (Å²) in [6.45, 7) is 1.82. The minimum Gasteiger partial charge on any atom is -0.497 e. The molecule has 1 amide bonds. The first-order valence-electron chi connectivity index (χ1n) is 10.1. The van der Waals surface area contributed by atoms with Crippen molar-refractivity contribution in [2.24, 2.45) is 0 Å². The van der Waals surface area contributed by atoms with Crippen LogP contribution in [0.2, 0.25) is 0 Å². The van der Waals surface area contributed by atoms with Gasteiger partial charge in [-0.25, -0.2) is 4.98 Å². The fraction of sp³-hybridized carbons (Fsp3) is 0.160. The van der Waals surface area contributed by atoms with Gasteiger partial charge in [-0.05, 0) is 43.3 Å². The third kappa shape index (κ3) is 4.24. The molecule has 0 aliphatic rings. The number of ether oxygens (including phenoxy) is 1. The normalized spacial score (nSPS) is 11.8. The van der Waals surface area contributed by atoms with Gasteiger partial charge in [-0.1, -0.05) is 48.2 Å². The molecule has 0 saturated heterocycles. The molecule has 0 aliphatic carbocycles. The highest BCUT2D eigenvalue weighted by molar-refractivity contribution is 8.00. The summed E-state index contributed by atoms with van der Waals surface area (Å²) < 4.78 is 6.88. The van der Waals surface area contributed by atoms with Gasteiger partial charge in [0.2, 0.25) is 5.91 Å². The van der Waals surface area contributed by atoms with Crippen molar-refractivity contribution in [2.45, 2.75) is 17.3 Å². The van der Waals surface area contributed by atoms with E-state index < -0.39 is 5.25 Å². The molecule has 0 fully saturated rings. The lowest BCUT2D eigenvalue weighted by Crippen LogP contribution is -2.33. The van der Waals surface area contributed by atoms with Crippen LogP contribution in [0.4, 0.5) is 5.69 Å². The number of amides is 1. The summed E-state index contributed by atoms with van der Waals surface area (Å²) in [7, 11) is 3.33. The van der Waals surface area contributed by atoms with E-state index in [0.29, 0.717) is 27.5 Å². The maximum absolute atomic E-state index is 13.4. The van der Waals surface area contributed by atoms with Gasteiger partial charge in [0.25, 0.3) is 5.56 Å². The molecule has 0 bridgehead atoms. The van der Waals surface area contributed by atoms with E-state index >= 15 is 0 Å². The molecule has 162 valence electrons. The topological polar surface area (TPSA) is 64.4 Å². The third-order valence-corrected chi connectivity index (χ3v) is 6.20. The van der Waals surface area contributed by atoms with Crippen molar-refractivity contribution < 1.29 is 9.53 Å². The number of nitrogens with zero attached hydrogens (tertiary/aromatic N) is 3. The Balaban J connectivity index is 1.77. The van der Waals surface area contributed by atoms with Gasteiger partial charge in [0.15, 0.2) is 5.16 Å². The van der Waals surface area contributed by atoms with Crippen LogP contribution in [0.25, 0.3) is 16.6 Å². The van der Waals surface area contributed by atoms with Gasteiger partial charge in [0.05, 0.1) is 29.0 Å². The van der Waals surface area contributed by atoms with Crippen molar-refractivity contribution >= 4 is 34.3 Å². The van der Waals surface area contributed by atoms with E-state index in [1.54, 1.807) is 41.8 Å². The molecule has 0 saturated carbocycles. The third-order valence-electron chi connectivity index (χ3n) is 5.16. The summed E-state index contributed by atoms with van der Waals surface area (Å²) in [5.41, 5.74) is 1.84. The first-order valence-corrected chi connectivity index (χ1v) is 11.0. The summed E-state index contributed by atoms with van der Waals surface area (Å²) in [4.78, 5) is 32.9. The molecule has 32 heavy (non-hydrogen) atoms.